The van der Waals surface area contributed by atoms with Crippen molar-refractivity contribution in [2.24, 2.45) is 0 Å². The van der Waals surface area contributed by atoms with E-state index < -0.39 is 5.97 Å². The number of carboxylic acids is 1. The van der Waals surface area contributed by atoms with Gasteiger partial charge in [0.1, 0.15) is 12.4 Å². The molecule has 0 fully saturated rings. The molecular weight excluding hydrogens is 400 g/mol. The molecule has 2 heterocycles. The average molecular weight is 417 g/mol. The zero-order valence-electron chi connectivity index (χ0n) is 15.9. The third-order valence-electron chi connectivity index (χ3n) is 5.28. The molecule has 5 nitrogen and oxygen atoms in total. The Labute approximate surface area is 177 Å². The second-order valence-corrected chi connectivity index (χ2v) is 7.55. The first-order valence-electron chi connectivity index (χ1n) is 9.49. The van der Waals surface area contributed by atoms with Crippen molar-refractivity contribution in [1.29, 1.82) is 0 Å². The van der Waals surface area contributed by atoms with E-state index in [4.69, 9.17) is 16.3 Å². The third kappa shape index (κ3) is 3.23. The molecule has 5 rings (SSSR count). The Morgan fingerprint density at radius 1 is 1.13 bits per heavy atom. The second kappa shape index (κ2) is 7.35. The van der Waals surface area contributed by atoms with Crippen molar-refractivity contribution in [3.63, 3.8) is 0 Å². The Balaban J connectivity index is 1.66. The monoisotopic (exact) mass is 416 g/mol. The van der Waals surface area contributed by atoms with Crippen LogP contribution in [0.1, 0.15) is 27.0 Å². The zero-order chi connectivity index (χ0) is 20.7. The van der Waals surface area contributed by atoms with Crippen molar-refractivity contribution in [3.05, 3.63) is 100 Å². The lowest BCUT2D eigenvalue weighted by molar-refractivity contribution is 0.0697. The van der Waals surface area contributed by atoms with Crippen molar-refractivity contribution in [1.82, 2.24) is 9.55 Å². The molecule has 0 atom stereocenters. The fraction of sp³-hybridized carbons (Fsp3) is 0.0833. The lowest BCUT2D eigenvalue weighted by Crippen LogP contribution is -2.00. The van der Waals surface area contributed by atoms with E-state index in [2.05, 4.69) is 11.1 Å². The van der Waals surface area contributed by atoms with Crippen LogP contribution in [0.5, 0.6) is 5.75 Å². The maximum atomic E-state index is 11.6. The van der Waals surface area contributed by atoms with Crippen LogP contribution < -0.4 is 4.74 Å². The molecule has 0 spiro atoms. The highest BCUT2D eigenvalue weighted by molar-refractivity contribution is 6.31. The number of rotatable bonds is 3. The van der Waals surface area contributed by atoms with E-state index in [9.17, 15) is 9.90 Å². The number of hydrogen-bond acceptors (Lipinski definition) is 3. The summed E-state index contributed by atoms with van der Waals surface area (Å²) in [6.45, 7) is 0.980. The van der Waals surface area contributed by atoms with Crippen LogP contribution >= 0.6 is 11.6 Å². The molecule has 0 unspecified atom stereocenters. The molecule has 1 aromatic heterocycles. The van der Waals surface area contributed by atoms with Gasteiger partial charge in [0, 0.05) is 17.1 Å². The summed E-state index contributed by atoms with van der Waals surface area (Å²) in [5.74, 6) is -0.300. The molecule has 0 saturated heterocycles. The van der Waals surface area contributed by atoms with Crippen LogP contribution in [0.3, 0.4) is 0 Å². The molecule has 30 heavy (non-hydrogen) atoms. The number of allylic oxidation sites excluding steroid dienone is 1. The molecule has 3 aromatic carbocycles. The summed E-state index contributed by atoms with van der Waals surface area (Å²) < 4.78 is 8.01. The fourth-order valence-electron chi connectivity index (χ4n) is 3.79. The number of fused-ring (bicyclic) bond motifs is 3. The minimum Gasteiger partial charge on any atom is -0.488 e. The molecule has 0 radical (unpaired) electrons. The van der Waals surface area contributed by atoms with Gasteiger partial charge < -0.3 is 14.4 Å². The summed E-state index contributed by atoms with van der Waals surface area (Å²) in [4.78, 5) is 16.0. The van der Waals surface area contributed by atoms with Crippen LogP contribution in [0.2, 0.25) is 5.02 Å². The minimum atomic E-state index is -0.968. The standard InChI is InChI=1S/C24H17ClN2O3/c25-17-6-7-21-22(12-17)27(14-26-21)10-9-19-18-4-2-1-3-16(18)13-30-23-8-5-15(24(28)29)11-20(19)23/h1-9,11-12,14H,10,13H2,(H,28,29)/b19-9+. The van der Waals surface area contributed by atoms with Crippen LogP contribution in [-0.4, -0.2) is 20.6 Å². The van der Waals surface area contributed by atoms with Crippen LogP contribution in [0, 0.1) is 0 Å². The lowest BCUT2D eigenvalue weighted by Gasteiger charge is -2.12. The van der Waals surface area contributed by atoms with Gasteiger partial charge >= 0.3 is 5.97 Å². The molecule has 1 aliphatic rings. The predicted molar refractivity (Wildman–Crippen MR) is 116 cm³/mol. The van der Waals surface area contributed by atoms with E-state index in [1.807, 2.05) is 47.0 Å². The summed E-state index contributed by atoms with van der Waals surface area (Å²) in [7, 11) is 0. The van der Waals surface area contributed by atoms with Gasteiger partial charge in [-0.1, -0.05) is 41.9 Å². The van der Waals surface area contributed by atoms with E-state index in [0.717, 1.165) is 33.3 Å². The van der Waals surface area contributed by atoms with Gasteiger partial charge in [0.05, 0.1) is 22.9 Å². The number of carbonyl (C=O) groups is 1. The number of ether oxygens (including phenoxy) is 1. The number of nitrogens with zero attached hydrogens (tertiary/aromatic N) is 2. The van der Waals surface area contributed by atoms with E-state index in [-0.39, 0.29) is 5.56 Å². The number of hydrogen-bond donors (Lipinski definition) is 1. The van der Waals surface area contributed by atoms with Crippen LogP contribution in [-0.2, 0) is 13.2 Å². The zero-order valence-corrected chi connectivity index (χ0v) is 16.6. The van der Waals surface area contributed by atoms with Crippen LogP contribution in [0.15, 0.2) is 73.1 Å². The predicted octanol–water partition coefficient (Wildman–Crippen LogP) is 5.41. The van der Waals surface area contributed by atoms with Crippen molar-refractivity contribution in [3.8, 4) is 5.75 Å². The number of carboxylic acid groups (broad SMARTS) is 1. The highest BCUT2D eigenvalue weighted by atomic mass is 35.5. The number of halogens is 1. The Kier molecular flexibility index (Phi) is 4.52. The van der Waals surface area contributed by atoms with Gasteiger partial charge in [-0.25, -0.2) is 9.78 Å². The van der Waals surface area contributed by atoms with Gasteiger partial charge in [-0.3, -0.25) is 0 Å². The summed E-state index contributed by atoms with van der Waals surface area (Å²) in [6.07, 6.45) is 3.87. The molecule has 0 aliphatic carbocycles. The van der Waals surface area contributed by atoms with Gasteiger partial charge in [0.15, 0.2) is 0 Å². The Bertz CT molecular complexity index is 1320. The molecule has 148 valence electrons. The first-order chi connectivity index (χ1) is 14.6. The molecule has 0 bridgehead atoms. The van der Waals surface area contributed by atoms with Gasteiger partial charge in [-0.05, 0) is 53.1 Å². The third-order valence-corrected chi connectivity index (χ3v) is 5.52. The SMILES string of the molecule is O=C(O)c1ccc2c(c1)/C(=C/Cn1cnc3ccc(Cl)cc31)c1ccccc1CO2. The second-order valence-electron chi connectivity index (χ2n) is 7.11. The molecule has 1 aliphatic heterocycles. The van der Waals surface area contributed by atoms with Crippen LogP contribution in [0.25, 0.3) is 16.6 Å². The maximum Gasteiger partial charge on any atom is 0.335 e. The first-order valence-corrected chi connectivity index (χ1v) is 9.87. The molecule has 0 amide bonds. The van der Waals surface area contributed by atoms with E-state index in [0.29, 0.717) is 23.9 Å². The van der Waals surface area contributed by atoms with E-state index in [1.54, 1.807) is 24.5 Å². The summed E-state index contributed by atoms with van der Waals surface area (Å²) in [5, 5.41) is 10.1. The van der Waals surface area contributed by atoms with Gasteiger partial charge in [0.2, 0.25) is 0 Å². The van der Waals surface area contributed by atoms with E-state index >= 15 is 0 Å². The highest BCUT2D eigenvalue weighted by Crippen LogP contribution is 2.37. The average Bonchev–Trinajstić information content (AvgIpc) is 3.07. The number of benzene rings is 3. The number of aromatic nitrogens is 2. The molecular formula is C24H17ClN2O3. The molecule has 4 aromatic rings. The molecule has 0 saturated carbocycles. The quantitative estimate of drug-likeness (QED) is 0.484. The Morgan fingerprint density at radius 2 is 2.00 bits per heavy atom. The largest absolute Gasteiger partial charge is 0.488 e. The summed E-state index contributed by atoms with van der Waals surface area (Å²) in [5.41, 5.74) is 5.82. The normalized spacial score (nSPS) is 14.1. The minimum absolute atomic E-state index is 0.225. The fourth-order valence-corrected chi connectivity index (χ4v) is 3.96. The lowest BCUT2D eigenvalue weighted by atomic mass is 9.93. The number of imidazole rings is 1. The van der Waals surface area contributed by atoms with Crippen molar-refractivity contribution in [2.45, 2.75) is 13.2 Å². The molecule has 6 heteroatoms. The smallest absolute Gasteiger partial charge is 0.335 e. The van der Waals surface area contributed by atoms with Gasteiger partial charge in [0.25, 0.3) is 0 Å². The number of aromatic carboxylic acids is 1. The maximum absolute atomic E-state index is 11.6. The summed E-state index contributed by atoms with van der Waals surface area (Å²) in [6, 6.07) is 18.6. The first kappa shape index (κ1) is 18.5. The van der Waals surface area contributed by atoms with Crippen molar-refractivity contribution >= 4 is 34.2 Å². The topological polar surface area (TPSA) is 64.3 Å². The highest BCUT2D eigenvalue weighted by Gasteiger charge is 2.20. The Hall–Kier alpha value is -3.57. The van der Waals surface area contributed by atoms with Crippen molar-refractivity contribution in [2.75, 3.05) is 0 Å². The van der Waals surface area contributed by atoms with E-state index in [1.165, 1.54) is 0 Å². The van der Waals surface area contributed by atoms with Gasteiger partial charge in [-0.15, -0.1) is 0 Å². The molecule has 1 N–H and O–H groups in total. The van der Waals surface area contributed by atoms with Crippen molar-refractivity contribution < 1.29 is 14.6 Å². The van der Waals surface area contributed by atoms with Crippen LogP contribution in [0.4, 0.5) is 0 Å². The van der Waals surface area contributed by atoms with Gasteiger partial charge in [-0.2, -0.15) is 0 Å². The Morgan fingerprint density at radius 3 is 2.87 bits per heavy atom. The summed E-state index contributed by atoms with van der Waals surface area (Å²) >= 11 is 6.17.